The predicted molar refractivity (Wildman–Crippen MR) is 124 cm³/mol. The van der Waals surface area contributed by atoms with Gasteiger partial charge in [0.2, 0.25) is 0 Å². The Balaban J connectivity index is 1.84. The minimum absolute atomic E-state index is 0.133. The number of fused-ring (bicyclic) bond motifs is 3. The third-order valence-electron chi connectivity index (χ3n) is 4.90. The molecule has 0 aliphatic heterocycles. The SMILES string of the molecule is CCOc1cc(C=c2sc3nc4c(C)c(C)ccc4n3c2=O)cc(Br)c1OCC(=O)O. The minimum Gasteiger partial charge on any atom is -0.490 e. The third kappa shape index (κ3) is 3.90. The summed E-state index contributed by atoms with van der Waals surface area (Å²) < 4.78 is 13.7. The Morgan fingerprint density at radius 3 is 2.77 bits per heavy atom. The summed E-state index contributed by atoms with van der Waals surface area (Å²) in [5.41, 5.74) is 4.43. The summed E-state index contributed by atoms with van der Waals surface area (Å²) in [7, 11) is 0. The first-order valence-electron chi connectivity index (χ1n) is 9.54. The molecule has 2 heterocycles. The molecule has 0 atom stereocenters. The highest BCUT2D eigenvalue weighted by atomic mass is 79.9. The van der Waals surface area contributed by atoms with Gasteiger partial charge in [-0.2, -0.15) is 0 Å². The van der Waals surface area contributed by atoms with E-state index in [9.17, 15) is 9.59 Å². The zero-order valence-corrected chi connectivity index (χ0v) is 19.5. The number of aromatic nitrogens is 2. The van der Waals surface area contributed by atoms with Crippen molar-refractivity contribution in [3.63, 3.8) is 0 Å². The van der Waals surface area contributed by atoms with Gasteiger partial charge in [-0.1, -0.05) is 17.4 Å². The first-order valence-corrected chi connectivity index (χ1v) is 11.1. The van der Waals surface area contributed by atoms with Crippen LogP contribution in [0.5, 0.6) is 11.5 Å². The number of carboxylic acids is 1. The molecule has 4 aromatic rings. The van der Waals surface area contributed by atoms with Crippen LogP contribution in [0.3, 0.4) is 0 Å². The van der Waals surface area contributed by atoms with Crippen LogP contribution in [0.4, 0.5) is 0 Å². The number of aliphatic carboxylic acids is 1. The van der Waals surface area contributed by atoms with Crippen molar-refractivity contribution in [3.8, 4) is 11.5 Å². The quantitative estimate of drug-likeness (QED) is 0.432. The number of nitrogens with zero attached hydrogens (tertiary/aromatic N) is 2. The van der Waals surface area contributed by atoms with Gasteiger partial charge < -0.3 is 14.6 Å². The normalized spacial score (nSPS) is 12.1. The molecule has 0 unspecified atom stereocenters. The first-order chi connectivity index (χ1) is 14.8. The van der Waals surface area contributed by atoms with E-state index in [1.54, 1.807) is 22.6 Å². The van der Waals surface area contributed by atoms with Crippen molar-refractivity contribution in [3.05, 3.63) is 60.3 Å². The van der Waals surface area contributed by atoms with Gasteiger partial charge in [-0.25, -0.2) is 14.2 Å². The summed E-state index contributed by atoms with van der Waals surface area (Å²) >= 11 is 4.74. The van der Waals surface area contributed by atoms with E-state index in [1.165, 1.54) is 11.3 Å². The van der Waals surface area contributed by atoms with E-state index in [0.29, 0.717) is 32.1 Å². The molecule has 0 radical (unpaired) electrons. The summed E-state index contributed by atoms with van der Waals surface area (Å²) in [6.45, 7) is 5.75. The lowest BCUT2D eigenvalue weighted by atomic mass is 10.1. The molecule has 0 aliphatic carbocycles. The third-order valence-corrected chi connectivity index (χ3v) is 6.46. The molecule has 9 heteroatoms. The molecule has 1 N–H and O–H groups in total. The van der Waals surface area contributed by atoms with Gasteiger partial charge in [0, 0.05) is 0 Å². The summed E-state index contributed by atoms with van der Waals surface area (Å²) in [4.78, 5) is 29.3. The van der Waals surface area contributed by atoms with Crippen molar-refractivity contribution in [2.75, 3.05) is 13.2 Å². The second-order valence-electron chi connectivity index (χ2n) is 6.97. The monoisotopic (exact) mass is 502 g/mol. The molecule has 2 aromatic carbocycles. The lowest BCUT2D eigenvalue weighted by Crippen LogP contribution is -2.22. The van der Waals surface area contributed by atoms with Gasteiger partial charge in [-0.3, -0.25) is 4.79 Å². The van der Waals surface area contributed by atoms with Gasteiger partial charge in [-0.15, -0.1) is 0 Å². The van der Waals surface area contributed by atoms with Gasteiger partial charge in [0.25, 0.3) is 5.56 Å². The van der Waals surface area contributed by atoms with Crippen molar-refractivity contribution in [1.82, 2.24) is 9.38 Å². The van der Waals surface area contributed by atoms with E-state index in [0.717, 1.165) is 27.7 Å². The Morgan fingerprint density at radius 1 is 1.29 bits per heavy atom. The number of imidazole rings is 1. The van der Waals surface area contributed by atoms with E-state index in [2.05, 4.69) is 20.9 Å². The van der Waals surface area contributed by atoms with E-state index < -0.39 is 12.6 Å². The van der Waals surface area contributed by atoms with Gasteiger partial charge in [0.05, 0.1) is 26.6 Å². The summed E-state index contributed by atoms with van der Waals surface area (Å²) in [6, 6.07) is 7.40. The van der Waals surface area contributed by atoms with Crippen molar-refractivity contribution in [2.45, 2.75) is 20.8 Å². The standard InChI is InChI=1S/C22H19BrN2O5S/c1-4-29-16-8-13(7-14(23)20(16)30-10-18(26)27)9-17-21(28)25-15-6-5-11(2)12(3)19(15)24-22(25)31-17/h5-9H,4,10H2,1-3H3,(H,26,27). The van der Waals surface area contributed by atoms with Crippen LogP contribution < -0.4 is 19.6 Å². The number of carbonyl (C=O) groups is 1. The number of hydrogen-bond donors (Lipinski definition) is 1. The summed E-state index contributed by atoms with van der Waals surface area (Å²) in [6.07, 6.45) is 1.77. The maximum Gasteiger partial charge on any atom is 0.341 e. The van der Waals surface area contributed by atoms with Gasteiger partial charge in [0.1, 0.15) is 0 Å². The van der Waals surface area contributed by atoms with Gasteiger partial charge in [-0.05, 0) is 77.7 Å². The van der Waals surface area contributed by atoms with Crippen LogP contribution in [0.1, 0.15) is 23.6 Å². The Bertz CT molecular complexity index is 1440. The number of benzene rings is 2. The molecule has 0 fully saturated rings. The number of hydrogen-bond acceptors (Lipinski definition) is 6. The lowest BCUT2D eigenvalue weighted by Gasteiger charge is -2.13. The maximum atomic E-state index is 13.1. The topological polar surface area (TPSA) is 90.1 Å². The Morgan fingerprint density at radius 2 is 2.06 bits per heavy atom. The van der Waals surface area contributed by atoms with E-state index in [4.69, 9.17) is 14.6 Å². The van der Waals surface area contributed by atoms with Crippen molar-refractivity contribution in [2.24, 2.45) is 0 Å². The Hall–Kier alpha value is -2.91. The molecule has 0 bridgehead atoms. The fourth-order valence-electron chi connectivity index (χ4n) is 3.32. The van der Waals surface area contributed by atoms with Crippen LogP contribution in [0, 0.1) is 13.8 Å². The predicted octanol–water partition coefficient (Wildman–Crippen LogP) is 3.70. The van der Waals surface area contributed by atoms with Crippen LogP contribution in [0.25, 0.3) is 22.1 Å². The lowest BCUT2D eigenvalue weighted by molar-refractivity contribution is -0.139. The molecular formula is C22H19BrN2O5S. The minimum atomic E-state index is -1.08. The molecule has 0 aliphatic rings. The Kier molecular flexibility index (Phi) is 5.72. The molecule has 31 heavy (non-hydrogen) atoms. The second kappa shape index (κ2) is 8.32. The van der Waals surface area contributed by atoms with Crippen LogP contribution in [-0.4, -0.2) is 33.7 Å². The van der Waals surface area contributed by atoms with E-state index in [-0.39, 0.29) is 5.56 Å². The van der Waals surface area contributed by atoms with Crippen LogP contribution in [0.15, 0.2) is 33.5 Å². The van der Waals surface area contributed by atoms with Gasteiger partial charge >= 0.3 is 5.97 Å². The highest BCUT2D eigenvalue weighted by Crippen LogP contribution is 2.37. The average molecular weight is 503 g/mol. The average Bonchev–Trinajstić information content (AvgIpc) is 3.21. The Labute approximate surface area is 189 Å². The second-order valence-corrected chi connectivity index (χ2v) is 8.83. The highest BCUT2D eigenvalue weighted by molar-refractivity contribution is 9.10. The van der Waals surface area contributed by atoms with Crippen LogP contribution >= 0.6 is 27.3 Å². The molecule has 160 valence electrons. The van der Waals surface area contributed by atoms with E-state index in [1.807, 2.05) is 32.9 Å². The van der Waals surface area contributed by atoms with Crippen molar-refractivity contribution in [1.29, 1.82) is 0 Å². The summed E-state index contributed by atoms with van der Waals surface area (Å²) in [5, 5.41) is 8.89. The summed E-state index contributed by atoms with van der Waals surface area (Å²) in [5.74, 6) is -0.378. The first kappa shape index (κ1) is 21.3. The number of carboxylic acid groups (broad SMARTS) is 1. The molecule has 4 rings (SSSR count). The number of ether oxygens (including phenoxy) is 2. The van der Waals surface area contributed by atoms with Gasteiger partial charge in [0.15, 0.2) is 23.1 Å². The largest absolute Gasteiger partial charge is 0.490 e. The molecule has 7 nitrogen and oxygen atoms in total. The molecule has 2 aromatic heterocycles. The van der Waals surface area contributed by atoms with Crippen molar-refractivity contribution < 1.29 is 19.4 Å². The van der Waals surface area contributed by atoms with E-state index >= 15 is 0 Å². The number of halogens is 1. The zero-order valence-electron chi connectivity index (χ0n) is 17.1. The van der Waals surface area contributed by atoms with Crippen LogP contribution in [0.2, 0.25) is 0 Å². The molecule has 0 spiro atoms. The molecule has 0 amide bonds. The molecular weight excluding hydrogens is 484 g/mol. The fraction of sp³-hybridized carbons (Fsp3) is 0.227. The smallest absolute Gasteiger partial charge is 0.341 e. The molecule has 0 saturated heterocycles. The van der Waals surface area contributed by atoms with Crippen LogP contribution in [-0.2, 0) is 4.79 Å². The number of thiazole rings is 1. The highest BCUT2D eigenvalue weighted by Gasteiger charge is 2.16. The number of rotatable bonds is 6. The fourth-order valence-corrected chi connectivity index (χ4v) is 4.88. The zero-order chi connectivity index (χ0) is 22.3. The molecule has 0 saturated carbocycles. The van der Waals surface area contributed by atoms with Crippen molar-refractivity contribution >= 4 is 55.3 Å². The maximum absolute atomic E-state index is 13.1. The number of aryl methyl sites for hydroxylation is 2.